The van der Waals surface area contributed by atoms with Crippen LogP contribution in [0, 0.1) is 5.41 Å². The number of hydrogen-bond acceptors (Lipinski definition) is 1. The Labute approximate surface area is 85.8 Å². The molecule has 2 N–H and O–H groups in total. The molecule has 2 fully saturated rings. The molecule has 0 unspecified atom stereocenters. The molecule has 3 nitrogen and oxygen atoms in total. The Morgan fingerprint density at radius 2 is 1.92 bits per heavy atom. The third-order valence-electron chi connectivity index (χ3n) is 2.95. The highest BCUT2D eigenvalue weighted by Crippen LogP contribution is 2.23. The van der Waals surface area contributed by atoms with Crippen LogP contribution in [0.3, 0.4) is 0 Å². The summed E-state index contributed by atoms with van der Waals surface area (Å²) in [6, 6.07) is 0.668. The second-order valence-corrected chi connectivity index (χ2v) is 3.76. The summed E-state index contributed by atoms with van der Waals surface area (Å²) >= 11 is 0. The molecule has 2 rings (SSSR count). The van der Waals surface area contributed by atoms with E-state index >= 15 is 0 Å². The van der Waals surface area contributed by atoms with Crippen molar-refractivity contribution in [2.24, 2.45) is 0 Å². The van der Waals surface area contributed by atoms with E-state index in [0.29, 0.717) is 12.0 Å². The first-order chi connectivity index (χ1) is 5.88. The minimum absolute atomic E-state index is 0. The summed E-state index contributed by atoms with van der Waals surface area (Å²) in [7, 11) is 0. The summed E-state index contributed by atoms with van der Waals surface area (Å²) in [5.74, 6) is 0.655. The van der Waals surface area contributed by atoms with Gasteiger partial charge in [-0.05, 0) is 12.8 Å². The van der Waals surface area contributed by atoms with Crippen molar-refractivity contribution in [3.63, 3.8) is 0 Å². The van der Waals surface area contributed by atoms with Gasteiger partial charge in [-0.1, -0.05) is 19.3 Å². The molecule has 2 aliphatic rings. The Balaban J connectivity index is 0.000000845. The molecular weight excluding hydrogens is 186 g/mol. The first-order valence-electron chi connectivity index (χ1n) is 4.97. The van der Waals surface area contributed by atoms with Gasteiger partial charge in [0.15, 0.2) is 5.96 Å². The number of halogens is 1. The minimum atomic E-state index is 0. The lowest BCUT2D eigenvalue weighted by molar-refractivity contribution is 0.260. The molecule has 0 aromatic carbocycles. The molecule has 1 saturated carbocycles. The van der Waals surface area contributed by atoms with Gasteiger partial charge in [0.25, 0.3) is 0 Å². The highest BCUT2D eigenvalue weighted by Gasteiger charge is 2.25. The van der Waals surface area contributed by atoms with E-state index in [1.807, 2.05) is 0 Å². The summed E-state index contributed by atoms with van der Waals surface area (Å²) in [5, 5.41) is 10.7. The molecule has 0 radical (unpaired) electrons. The largest absolute Gasteiger partial charge is 0.355 e. The molecular formula is C9H18ClN3. The van der Waals surface area contributed by atoms with Gasteiger partial charge in [0.2, 0.25) is 0 Å². The van der Waals surface area contributed by atoms with Gasteiger partial charge >= 0.3 is 0 Å². The van der Waals surface area contributed by atoms with E-state index < -0.39 is 0 Å². The molecule has 0 aromatic heterocycles. The fourth-order valence-electron chi connectivity index (χ4n) is 2.27. The van der Waals surface area contributed by atoms with E-state index in [-0.39, 0.29) is 12.4 Å². The number of nitrogens with one attached hydrogen (secondary N) is 2. The highest BCUT2D eigenvalue weighted by atomic mass is 35.5. The number of hydrogen-bond donors (Lipinski definition) is 2. The normalized spacial score (nSPS) is 24.0. The molecule has 0 atom stereocenters. The Bertz CT molecular complexity index is 178. The van der Waals surface area contributed by atoms with Crippen molar-refractivity contribution in [2.75, 3.05) is 13.1 Å². The second kappa shape index (κ2) is 4.70. The van der Waals surface area contributed by atoms with Crippen molar-refractivity contribution in [1.82, 2.24) is 10.2 Å². The molecule has 0 bridgehead atoms. The van der Waals surface area contributed by atoms with E-state index in [2.05, 4.69) is 10.2 Å². The smallest absolute Gasteiger partial charge is 0.191 e. The Kier molecular flexibility index (Phi) is 3.85. The van der Waals surface area contributed by atoms with Crippen LogP contribution in [-0.4, -0.2) is 30.0 Å². The lowest BCUT2D eigenvalue weighted by Crippen LogP contribution is -2.39. The second-order valence-electron chi connectivity index (χ2n) is 3.76. The maximum absolute atomic E-state index is 7.66. The molecule has 1 aliphatic heterocycles. The van der Waals surface area contributed by atoms with Gasteiger partial charge < -0.3 is 10.2 Å². The van der Waals surface area contributed by atoms with Crippen LogP contribution < -0.4 is 5.32 Å². The molecule has 76 valence electrons. The van der Waals surface area contributed by atoms with Gasteiger partial charge in [0, 0.05) is 19.1 Å². The number of guanidine groups is 1. The van der Waals surface area contributed by atoms with Gasteiger partial charge in [-0.3, -0.25) is 5.41 Å². The molecule has 0 spiro atoms. The molecule has 1 saturated heterocycles. The number of nitrogens with zero attached hydrogens (tertiary/aromatic N) is 1. The van der Waals surface area contributed by atoms with E-state index in [1.165, 1.54) is 32.1 Å². The average Bonchev–Trinajstić information content (AvgIpc) is 2.53. The summed E-state index contributed by atoms with van der Waals surface area (Å²) < 4.78 is 0. The van der Waals surface area contributed by atoms with Gasteiger partial charge in [-0.15, -0.1) is 12.4 Å². The van der Waals surface area contributed by atoms with Crippen LogP contribution in [-0.2, 0) is 0 Å². The fourth-order valence-corrected chi connectivity index (χ4v) is 2.27. The summed E-state index contributed by atoms with van der Waals surface area (Å²) in [4.78, 5) is 2.24. The van der Waals surface area contributed by atoms with Crippen molar-refractivity contribution >= 4 is 18.4 Å². The van der Waals surface area contributed by atoms with Crippen LogP contribution in [0.4, 0.5) is 0 Å². The monoisotopic (exact) mass is 203 g/mol. The van der Waals surface area contributed by atoms with Crippen LogP contribution in [0.2, 0.25) is 0 Å². The molecule has 1 heterocycles. The summed E-state index contributed by atoms with van der Waals surface area (Å²) in [6.07, 6.45) is 6.70. The predicted octanol–water partition coefficient (Wildman–Crippen LogP) is 1.58. The quantitative estimate of drug-likeness (QED) is 0.680. The van der Waals surface area contributed by atoms with Crippen molar-refractivity contribution in [2.45, 2.75) is 38.1 Å². The maximum Gasteiger partial charge on any atom is 0.191 e. The zero-order valence-corrected chi connectivity index (χ0v) is 8.70. The van der Waals surface area contributed by atoms with Crippen LogP contribution in [0.25, 0.3) is 0 Å². The van der Waals surface area contributed by atoms with Gasteiger partial charge in [-0.2, -0.15) is 0 Å². The van der Waals surface area contributed by atoms with E-state index in [0.717, 1.165) is 13.1 Å². The van der Waals surface area contributed by atoms with Crippen LogP contribution in [0.1, 0.15) is 32.1 Å². The summed E-state index contributed by atoms with van der Waals surface area (Å²) in [5.41, 5.74) is 0. The predicted molar refractivity (Wildman–Crippen MR) is 56.6 cm³/mol. The van der Waals surface area contributed by atoms with Gasteiger partial charge in [0.05, 0.1) is 0 Å². The first-order valence-corrected chi connectivity index (χ1v) is 4.97. The van der Waals surface area contributed by atoms with E-state index in [9.17, 15) is 0 Å². The maximum atomic E-state index is 7.66. The lowest BCUT2D eigenvalue weighted by Gasteiger charge is -2.31. The molecule has 0 amide bonds. The van der Waals surface area contributed by atoms with Gasteiger partial charge in [-0.25, -0.2) is 0 Å². The third-order valence-corrected chi connectivity index (χ3v) is 2.95. The van der Waals surface area contributed by atoms with Crippen molar-refractivity contribution in [1.29, 1.82) is 5.41 Å². The Hall–Kier alpha value is -0.440. The van der Waals surface area contributed by atoms with Crippen molar-refractivity contribution in [3.05, 3.63) is 0 Å². The first kappa shape index (κ1) is 10.6. The van der Waals surface area contributed by atoms with E-state index in [4.69, 9.17) is 5.41 Å². The van der Waals surface area contributed by atoms with Gasteiger partial charge in [0.1, 0.15) is 0 Å². The van der Waals surface area contributed by atoms with Crippen LogP contribution >= 0.6 is 12.4 Å². The lowest BCUT2D eigenvalue weighted by atomic mass is 9.94. The van der Waals surface area contributed by atoms with Crippen LogP contribution in [0.15, 0.2) is 0 Å². The summed E-state index contributed by atoms with van der Waals surface area (Å²) in [6.45, 7) is 2.01. The standard InChI is InChI=1S/C9H17N3.ClH/c10-9-11-6-7-12(9)8-4-2-1-3-5-8;/h8H,1-7H2,(H2,10,11);1H. The highest BCUT2D eigenvalue weighted by molar-refractivity contribution is 5.85. The number of rotatable bonds is 1. The Morgan fingerprint density at radius 3 is 2.46 bits per heavy atom. The molecule has 1 aliphatic carbocycles. The van der Waals surface area contributed by atoms with Crippen LogP contribution in [0.5, 0.6) is 0 Å². The SMILES string of the molecule is Cl.N=C1NCCN1C1CCCCC1. The zero-order chi connectivity index (χ0) is 8.39. The molecule has 4 heteroatoms. The molecule has 13 heavy (non-hydrogen) atoms. The van der Waals surface area contributed by atoms with E-state index in [1.54, 1.807) is 0 Å². The fraction of sp³-hybridized carbons (Fsp3) is 0.889. The topological polar surface area (TPSA) is 39.1 Å². The minimum Gasteiger partial charge on any atom is -0.355 e. The van der Waals surface area contributed by atoms with Crippen molar-refractivity contribution < 1.29 is 0 Å². The zero-order valence-electron chi connectivity index (χ0n) is 7.88. The van der Waals surface area contributed by atoms with Crippen molar-refractivity contribution in [3.8, 4) is 0 Å². The third kappa shape index (κ3) is 2.27. The Morgan fingerprint density at radius 1 is 1.23 bits per heavy atom. The molecule has 0 aromatic rings. The average molecular weight is 204 g/mol.